The van der Waals surface area contributed by atoms with Gasteiger partial charge >= 0.3 is 0 Å². The molecule has 1 amide bonds. The first-order chi connectivity index (χ1) is 14.0. The molecule has 1 N–H and O–H groups in total. The highest BCUT2D eigenvalue weighted by Crippen LogP contribution is 2.28. The molecule has 3 rings (SSSR count). The van der Waals surface area contributed by atoms with Crippen molar-refractivity contribution in [3.05, 3.63) is 66.2 Å². The smallest absolute Gasteiger partial charge is 0.237 e. The minimum absolute atomic E-state index is 0.142. The number of carbonyl (C=O) groups is 1. The summed E-state index contributed by atoms with van der Waals surface area (Å²) in [6.07, 6.45) is 1.77. The van der Waals surface area contributed by atoms with Crippen molar-refractivity contribution in [1.29, 1.82) is 0 Å². The summed E-state index contributed by atoms with van der Waals surface area (Å²) in [4.78, 5) is 12.6. The number of carbonyl (C=O) groups excluding carboxylic acids is 1. The number of halogens is 1. The number of aromatic nitrogens is 3. The number of thioether (sulfide) groups is 1. The Bertz CT molecular complexity index is 1000. The van der Waals surface area contributed by atoms with Crippen LogP contribution in [0.5, 0.6) is 5.75 Å². The zero-order chi connectivity index (χ0) is 20.8. The van der Waals surface area contributed by atoms with Crippen molar-refractivity contribution in [2.45, 2.75) is 23.9 Å². The van der Waals surface area contributed by atoms with Gasteiger partial charge in [-0.05, 0) is 49.4 Å². The number of rotatable bonds is 8. The molecular weight excluding hydrogens is 408 g/mol. The molecule has 0 saturated carbocycles. The van der Waals surface area contributed by atoms with Gasteiger partial charge < -0.3 is 10.1 Å². The summed E-state index contributed by atoms with van der Waals surface area (Å²) < 4.78 is 7.14. The summed E-state index contributed by atoms with van der Waals surface area (Å²) in [7, 11) is 1.62. The number of hydrogen-bond acceptors (Lipinski definition) is 5. The summed E-state index contributed by atoms with van der Waals surface area (Å²) in [5, 5.41) is 12.3. The average Bonchev–Trinajstić information content (AvgIpc) is 3.10. The predicted molar refractivity (Wildman–Crippen MR) is 118 cm³/mol. The number of anilines is 1. The van der Waals surface area contributed by atoms with Crippen LogP contribution in [-0.2, 0) is 11.3 Å². The van der Waals surface area contributed by atoms with Crippen LogP contribution >= 0.6 is 23.4 Å². The van der Waals surface area contributed by atoms with Crippen molar-refractivity contribution in [1.82, 2.24) is 14.8 Å². The van der Waals surface area contributed by atoms with Crippen LogP contribution in [0.2, 0.25) is 5.02 Å². The topological polar surface area (TPSA) is 69.0 Å². The Morgan fingerprint density at radius 2 is 2.07 bits per heavy atom. The third kappa shape index (κ3) is 5.19. The van der Waals surface area contributed by atoms with E-state index in [0.29, 0.717) is 28.2 Å². The molecule has 150 valence electrons. The zero-order valence-electron chi connectivity index (χ0n) is 16.1. The Kier molecular flexibility index (Phi) is 6.95. The van der Waals surface area contributed by atoms with E-state index in [9.17, 15) is 4.79 Å². The third-order valence-electron chi connectivity index (χ3n) is 4.12. The first-order valence-corrected chi connectivity index (χ1v) is 10.2. The van der Waals surface area contributed by atoms with Gasteiger partial charge in [-0.2, -0.15) is 0 Å². The van der Waals surface area contributed by atoms with Crippen molar-refractivity contribution < 1.29 is 9.53 Å². The molecular formula is C21H21ClN4O2S. The van der Waals surface area contributed by atoms with Gasteiger partial charge in [0.2, 0.25) is 5.91 Å². The molecule has 0 fully saturated rings. The summed E-state index contributed by atoms with van der Waals surface area (Å²) >= 11 is 7.31. The Morgan fingerprint density at radius 3 is 2.72 bits per heavy atom. The molecule has 1 unspecified atom stereocenters. The van der Waals surface area contributed by atoms with Crippen molar-refractivity contribution in [3.63, 3.8) is 0 Å². The van der Waals surface area contributed by atoms with Crippen molar-refractivity contribution >= 4 is 35.0 Å². The van der Waals surface area contributed by atoms with Crippen LogP contribution in [0.3, 0.4) is 0 Å². The quantitative estimate of drug-likeness (QED) is 0.407. The lowest BCUT2D eigenvalue weighted by molar-refractivity contribution is -0.115. The highest BCUT2D eigenvalue weighted by molar-refractivity contribution is 8.00. The van der Waals surface area contributed by atoms with E-state index in [4.69, 9.17) is 16.3 Å². The standard InChI is InChI=1S/C21H21ClN4O2S/c1-4-12-26-19(15-8-10-18(28-3)11-9-15)24-25-21(26)29-14(2)20(27)23-17-7-5-6-16(22)13-17/h4-11,13-14H,1,12H2,2-3H3,(H,23,27). The SMILES string of the molecule is C=CCn1c(SC(C)C(=O)Nc2cccc(Cl)c2)nnc1-c1ccc(OC)cc1. The van der Waals surface area contributed by atoms with E-state index in [1.807, 2.05) is 35.8 Å². The number of nitrogens with zero attached hydrogens (tertiary/aromatic N) is 3. The third-order valence-corrected chi connectivity index (χ3v) is 5.44. The number of hydrogen-bond donors (Lipinski definition) is 1. The fraction of sp³-hybridized carbons (Fsp3) is 0.190. The average molecular weight is 429 g/mol. The van der Waals surface area contributed by atoms with Gasteiger partial charge in [0.1, 0.15) is 5.75 Å². The molecule has 0 bridgehead atoms. The molecule has 6 nitrogen and oxygen atoms in total. The molecule has 1 heterocycles. The lowest BCUT2D eigenvalue weighted by atomic mass is 10.2. The normalized spacial score (nSPS) is 11.7. The summed E-state index contributed by atoms with van der Waals surface area (Å²) in [6.45, 7) is 6.17. The van der Waals surface area contributed by atoms with Crippen LogP contribution in [-0.4, -0.2) is 33.0 Å². The van der Waals surface area contributed by atoms with Crippen molar-refractivity contribution in [2.24, 2.45) is 0 Å². The second-order valence-corrected chi connectivity index (χ2v) is 7.94. The zero-order valence-corrected chi connectivity index (χ0v) is 17.7. The lowest BCUT2D eigenvalue weighted by Crippen LogP contribution is -2.23. The van der Waals surface area contributed by atoms with Gasteiger partial charge in [0.15, 0.2) is 11.0 Å². The molecule has 0 spiro atoms. The van der Waals surface area contributed by atoms with Crippen molar-refractivity contribution in [3.8, 4) is 17.1 Å². The summed E-state index contributed by atoms with van der Waals surface area (Å²) in [5.41, 5.74) is 1.56. The fourth-order valence-corrected chi connectivity index (χ4v) is 3.69. The molecule has 1 aromatic heterocycles. The first kappa shape index (κ1) is 21.0. The largest absolute Gasteiger partial charge is 0.497 e. The Morgan fingerprint density at radius 1 is 1.31 bits per heavy atom. The maximum absolute atomic E-state index is 12.6. The Balaban J connectivity index is 1.78. The van der Waals surface area contributed by atoms with Crippen LogP contribution in [0.25, 0.3) is 11.4 Å². The molecule has 2 aromatic carbocycles. The van der Waals surface area contributed by atoms with Gasteiger partial charge in [-0.1, -0.05) is 35.5 Å². The van der Waals surface area contributed by atoms with E-state index >= 15 is 0 Å². The van der Waals surface area contributed by atoms with E-state index in [0.717, 1.165) is 11.3 Å². The number of amides is 1. The van der Waals surface area contributed by atoms with Gasteiger partial charge in [0.05, 0.1) is 12.4 Å². The van der Waals surface area contributed by atoms with Crippen LogP contribution < -0.4 is 10.1 Å². The minimum Gasteiger partial charge on any atom is -0.497 e. The molecule has 1 atom stereocenters. The number of allylic oxidation sites excluding steroid dienone is 1. The van der Waals surface area contributed by atoms with Gasteiger partial charge in [0, 0.05) is 22.8 Å². The molecule has 0 radical (unpaired) electrons. The maximum Gasteiger partial charge on any atom is 0.237 e. The van der Waals surface area contributed by atoms with Gasteiger partial charge in [-0.3, -0.25) is 9.36 Å². The van der Waals surface area contributed by atoms with E-state index in [1.54, 1.807) is 37.5 Å². The minimum atomic E-state index is -0.384. The van der Waals surface area contributed by atoms with E-state index in [1.165, 1.54) is 11.8 Å². The Labute approximate surface area is 178 Å². The van der Waals surface area contributed by atoms with Crippen LogP contribution in [0.4, 0.5) is 5.69 Å². The summed E-state index contributed by atoms with van der Waals surface area (Å²) in [5.74, 6) is 1.33. The number of nitrogens with one attached hydrogen (secondary N) is 1. The summed E-state index contributed by atoms with van der Waals surface area (Å²) in [6, 6.07) is 14.6. The molecule has 3 aromatic rings. The number of methoxy groups -OCH3 is 1. The first-order valence-electron chi connectivity index (χ1n) is 8.93. The van der Waals surface area contributed by atoms with E-state index in [2.05, 4.69) is 22.1 Å². The lowest BCUT2D eigenvalue weighted by Gasteiger charge is -2.13. The highest BCUT2D eigenvalue weighted by atomic mass is 35.5. The number of ether oxygens (including phenoxy) is 1. The van der Waals surface area contributed by atoms with Crippen LogP contribution in [0.15, 0.2) is 66.3 Å². The monoisotopic (exact) mass is 428 g/mol. The molecule has 0 aliphatic carbocycles. The predicted octanol–water partition coefficient (Wildman–Crippen LogP) is 4.91. The van der Waals surface area contributed by atoms with Gasteiger partial charge in [0.25, 0.3) is 0 Å². The van der Waals surface area contributed by atoms with Crippen LogP contribution in [0.1, 0.15) is 6.92 Å². The van der Waals surface area contributed by atoms with E-state index < -0.39 is 0 Å². The second-order valence-electron chi connectivity index (χ2n) is 6.19. The highest BCUT2D eigenvalue weighted by Gasteiger charge is 2.20. The van der Waals surface area contributed by atoms with Crippen LogP contribution in [0, 0.1) is 0 Å². The van der Waals surface area contributed by atoms with E-state index in [-0.39, 0.29) is 11.2 Å². The van der Waals surface area contributed by atoms with Crippen molar-refractivity contribution in [2.75, 3.05) is 12.4 Å². The van der Waals surface area contributed by atoms with Gasteiger partial charge in [-0.15, -0.1) is 16.8 Å². The maximum atomic E-state index is 12.6. The molecule has 0 aliphatic heterocycles. The fourth-order valence-electron chi connectivity index (χ4n) is 2.64. The second kappa shape index (κ2) is 9.62. The van der Waals surface area contributed by atoms with Gasteiger partial charge in [-0.25, -0.2) is 0 Å². The molecule has 0 aliphatic rings. The molecule has 0 saturated heterocycles. The molecule has 8 heteroatoms. The molecule has 29 heavy (non-hydrogen) atoms. The number of benzene rings is 2. The Hall–Kier alpha value is -2.77.